The van der Waals surface area contributed by atoms with E-state index in [1.807, 2.05) is 6.92 Å². The van der Waals surface area contributed by atoms with E-state index in [1.165, 1.54) is 0 Å². The second-order valence-electron chi connectivity index (χ2n) is 2.66. The van der Waals surface area contributed by atoms with Gasteiger partial charge in [0.1, 0.15) is 0 Å². The van der Waals surface area contributed by atoms with Crippen LogP contribution in [0, 0.1) is 6.92 Å². The molecule has 0 N–H and O–H groups in total. The average Bonchev–Trinajstić information content (AvgIpc) is 2.42. The summed E-state index contributed by atoms with van der Waals surface area (Å²) >= 11 is 3.41. The van der Waals surface area contributed by atoms with E-state index in [0.29, 0.717) is 5.75 Å². The normalized spacial score (nSPS) is 10.7. The quantitative estimate of drug-likeness (QED) is 0.765. The maximum Gasteiger partial charge on any atom is 0.169 e. The van der Waals surface area contributed by atoms with Crippen LogP contribution in [0.5, 0.6) is 5.75 Å². The highest BCUT2D eigenvalue weighted by Crippen LogP contribution is 2.21. The molecular weight excluding hydrogens is 234 g/mol. The number of nitrogens with zero attached hydrogens (tertiary/aromatic N) is 3. The molecule has 0 fully saturated rings. The number of hydrogen-bond donors (Lipinski definition) is 0. The van der Waals surface area contributed by atoms with Crippen LogP contribution in [0.25, 0.3) is 5.65 Å². The predicted octanol–water partition coefficient (Wildman–Crippen LogP) is 1.81. The molecule has 0 aliphatic carbocycles. The Labute approximate surface area is 83.7 Å². The smallest absolute Gasteiger partial charge is 0.169 e. The largest absolute Gasteiger partial charge is 0.494 e. The molecule has 0 saturated carbocycles. The monoisotopic (exact) mass is 241 g/mol. The van der Waals surface area contributed by atoms with Gasteiger partial charge in [-0.3, -0.25) is 0 Å². The Kier molecular flexibility index (Phi) is 1.95. The molecule has 0 bridgehead atoms. The molecule has 2 aromatic rings. The Morgan fingerprint density at radius 2 is 2.31 bits per heavy atom. The first kappa shape index (κ1) is 8.50. The maximum absolute atomic E-state index is 5.03. The van der Waals surface area contributed by atoms with Crippen molar-refractivity contribution in [3.05, 3.63) is 22.6 Å². The van der Waals surface area contributed by atoms with E-state index in [2.05, 4.69) is 26.0 Å². The summed E-state index contributed by atoms with van der Waals surface area (Å²) in [5.41, 5.74) is 1.72. The minimum atomic E-state index is 0.697. The SMILES string of the molecule is COc1cnc2c(Br)c(C)nn2c1. The predicted molar refractivity (Wildman–Crippen MR) is 52.0 cm³/mol. The number of hydrogen-bond acceptors (Lipinski definition) is 3. The van der Waals surface area contributed by atoms with Gasteiger partial charge in [0.2, 0.25) is 0 Å². The van der Waals surface area contributed by atoms with Gasteiger partial charge in [-0.2, -0.15) is 5.10 Å². The molecule has 0 atom stereocenters. The van der Waals surface area contributed by atoms with E-state index >= 15 is 0 Å². The van der Waals surface area contributed by atoms with Crippen LogP contribution in [0.1, 0.15) is 5.69 Å². The Morgan fingerprint density at radius 1 is 1.54 bits per heavy atom. The average molecular weight is 242 g/mol. The Bertz CT molecular complexity index is 452. The van der Waals surface area contributed by atoms with Gasteiger partial charge in [-0.15, -0.1) is 0 Å². The summed E-state index contributed by atoms with van der Waals surface area (Å²) in [5, 5.41) is 4.25. The van der Waals surface area contributed by atoms with Crippen molar-refractivity contribution in [3.63, 3.8) is 0 Å². The first-order chi connectivity index (χ1) is 6.22. The summed E-state index contributed by atoms with van der Waals surface area (Å²) in [7, 11) is 1.61. The zero-order valence-electron chi connectivity index (χ0n) is 7.28. The van der Waals surface area contributed by atoms with Gasteiger partial charge in [-0.25, -0.2) is 9.50 Å². The number of methoxy groups -OCH3 is 1. The molecule has 5 heteroatoms. The molecule has 2 rings (SSSR count). The van der Waals surface area contributed by atoms with E-state index in [-0.39, 0.29) is 0 Å². The van der Waals surface area contributed by atoms with Gasteiger partial charge >= 0.3 is 0 Å². The third-order valence-corrected chi connectivity index (χ3v) is 2.72. The molecule has 0 aliphatic heterocycles. The molecule has 0 spiro atoms. The Balaban J connectivity index is 2.73. The summed E-state index contributed by atoms with van der Waals surface area (Å²) in [6, 6.07) is 0. The van der Waals surface area contributed by atoms with Crippen molar-refractivity contribution in [1.29, 1.82) is 0 Å². The summed E-state index contributed by atoms with van der Waals surface area (Å²) < 4.78 is 7.65. The van der Waals surface area contributed by atoms with E-state index < -0.39 is 0 Å². The molecule has 4 nitrogen and oxygen atoms in total. The van der Waals surface area contributed by atoms with Crippen molar-refractivity contribution < 1.29 is 4.74 Å². The molecule has 68 valence electrons. The van der Waals surface area contributed by atoms with Gasteiger partial charge in [0.05, 0.1) is 29.7 Å². The number of aromatic nitrogens is 3. The number of aryl methyl sites for hydroxylation is 1. The summed E-state index contributed by atoms with van der Waals surface area (Å²) in [4.78, 5) is 4.20. The number of ether oxygens (including phenoxy) is 1. The minimum Gasteiger partial charge on any atom is -0.494 e. The molecule has 0 aromatic carbocycles. The Morgan fingerprint density at radius 3 is 3.00 bits per heavy atom. The molecule has 13 heavy (non-hydrogen) atoms. The molecule has 0 amide bonds. The lowest BCUT2D eigenvalue weighted by Crippen LogP contribution is -1.92. The van der Waals surface area contributed by atoms with Crippen LogP contribution in [0.4, 0.5) is 0 Å². The molecular formula is C8H8BrN3O. The zero-order chi connectivity index (χ0) is 9.42. The van der Waals surface area contributed by atoms with E-state index in [0.717, 1.165) is 15.8 Å². The van der Waals surface area contributed by atoms with Gasteiger partial charge in [-0.1, -0.05) is 0 Å². The van der Waals surface area contributed by atoms with Crippen LogP contribution < -0.4 is 4.74 Å². The number of rotatable bonds is 1. The molecule has 0 aliphatic rings. The fraction of sp³-hybridized carbons (Fsp3) is 0.250. The fourth-order valence-corrected chi connectivity index (χ4v) is 1.47. The minimum absolute atomic E-state index is 0.697. The first-order valence-corrected chi connectivity index (χ1v) is 4.56. The summed E-state index contributed by atoms with van der Waals surface area (Å²) in [5.74, 6) is 0.697. The lowest BCUT2D eigenvalue weighted by atomic mass is 10.5. The third kappa shape index (κ3) is 1.29. The summed E-state index contributed by atoms with van der Waals surface area (Å²) in [6.07, 6.45) is 3.46. The van der Waals surface area contributed by atoms with Crippen molar-refractivity contribution in [2.75, 3.05) is 7.11 Å². The standard InChI is InChI=1S/C8H8BrN3O/c1-5-7(9)8-10-3-6(13-2)4-12(8)11-5/h3-4H,1-2H3. The van der Waals surface area contributed by atoms with Crippen LogP contribution in [0.2, 0.25) is 0 Å². The maximum atomic E-state index is 5.03. The second kappa shape index (κ2) is 2.99. The van der Waals surface area contributed by atoms with Crippen LogP contribution in [-0.2, 0) is 0 Å². The number of halogens is 1. The van der Waals surface area contributed by atoms with Crippen molar-refractivity contribution in [2.45, 2.75) is 6.92 Å². The van der Waals surface area contributed by atoms with Crippen LogP contribution >= 0.6 is 15.9 Å². The highest BCUT2D eigenvalue weighted by atomic mass is 79.9. The van der Waals surface area contributed by atoms with Crippen LogP contribution in [0.15, 0.2) is 16.9 Å². The summed E-state index contributed by atoms with van der Waals surface area (Å²) in [6.45, 7) is 1.92. The molecule has 2 heterocycles. The second-order valence-corrected chi connectivity index (χ2v) is 3.45. The highest BCUT2D eigenvalue weighted by molar-refractivity contribution is 9.10. The molecule has 2 aromatic heterocycles. The molecule has 0 radical (unpaired) electrons. The fourth-order valence-electron chi connectivity index (χ4n) is 1.11. The van der Waals surface area contributed by atoms with Crippen LogP contribution in [0.3, 0.4) is 0 Å². The van der Waals surface area contributed by atoms with Gasteiger partial charge in [0, 0.05) is 0 Å². The van der Waals surface area contributed by atoms with E-state index in [4.69, 9.17) is 4.74 Å². The van der Waals surface area contributed by atoms with Gasteiger partial charge < -0.3 is 4.74 Å². The van der Waals surface area contributed by atoms with Crippen molar-refractivity contribution in [3.8, 4) is 5.75 Å². The van der Waals surface area contributed by atoms with Crippen molar-refractivity contribution >= 4 is 21.6 Å². The van der Waals surface area contributed by atoms with Crippen molar-refractivity contribution in [1.82, 2.24) is 14.6 Å². The van der Waals surface area contributed by atoms with Gasteiger partial charge in [0.15, 0.2) is 11.4 Å². The van der Waals surface area contributed by atoms with E-state index in [1.54, 1.807) is 24.0 Å². The van der Waals surface area contributed by atoms with E-state index in [9.17, 15) is 0 Å². The molecule has 0 unspecified atom stereocenters. The topological polar surface area (TPSA) is 39.4 Å². The third-order valence-electron chi connectivity index (χ3n) is 1.79. The van der Waals surface area contributed by atoms with Crippen molar-refractivity contribution in [2.24, 2.45) is 0 Å². The highest BCUT2D eigenvalue weighted by Gasteiger charge is 2.07. The van der Waals surface area contributed by atoms with Crippen LogP contribution in [-0.4, -0.2) is 21.7 Å². The Hall–Kier alpha value is -1.10. The van der Waals surface area contributed by atoms with Gasteiger partial charge in [-0.05, 0) is 22.9 Å². The lowest BCUT2D eigenvalue weighted by molar-refractivity contribution is 0.409. The van der Waals surface area contributed by atoms with Gasteiger partial charge in [0.25, 0.3) is 0 Å². The first-order valence-electron chi connectivity index (χ1n) is 3.77. The lowest BCUT2D eigenvalue weighted by Gasteiger charge is -1.98. The molecule has 0 saturated heterocycles. The number of fused-ring (bicyclic) bond motifs is 1. The zero-order valence-corrected chi connectivity index (χ0v) is 8.87.